The van der Waals surface area contributed by atoms with Crippen molar-refractivity contribution in [1.82, 2.24) is 9.55 Å². The zero-order valence-corrected chi connectivity index (χ0v) is 14.4. The molecule has 2 aromatic rings. The molecule has 2 heterocycles. The molecule has 1 N–H and O–H groups in total. The van der Waals surface area contributed by atoms with Crippen molar-refractivity contribution in [3.05, 3.63) is 50.8 Å². The van der Waals surface area contributed by atoms with E-state index in [-0.39, 0.29) is 23.8 Å². The number of fused-ring (bicyclic) bond motifs is 1. The van der Waals surface area contributed by atoms with E-state index in [1.807, 2.05) is 26.1 Å². The second-order valence-electron chi connectivity index (χ2n) is 5.31. The van der Waals surface area contributed by atoms with E-state index >= 15 is 0 Å². The number of carbonyl (C=O) groups excluding carboxylic acids is 1. The zero-order valence-electron chi connectivity index (χ0n) is 12.8. The molecule has 1 aromatic heterocycles. The Balaban J connectivity index is 2.20. The maximum absolute atomic E-state index is 12.6. The Morgan fingerprint density at radius 2 is 2.22 bits per heavy atom. The van der Waals surface area contributed by atoms with Gasteiger partial charge in [0.25, 0.3) is 5.56 Å². The Morgan fingerprint density at radius 3 is 2.91 bits per heavy atom. The van der Waals surface area contributed by atoms with Gasteiger partial charge in [0.05, 0.1) is 5.56 Å². The molecule has 120 valence electrons. The number of benzene rings is 1. The molecule has 1 aromatic carbocycles. The Bertz CT molecular complexity index is 835. The SMILES string of the molecule is CCSc1nc(=O)c2c(n1C)NC(=O)C[C@@H]2c1cccc(Cl)c1. The van der Waals surface area contributed by atoms with Gasteiger partial charge in [0.2, 0.25) is 5.91 Å². The summed E-state index contributed by atoms with van der Waals surface area (Å²) in [5.41, 5.74) is 1.08. The quantitative estimate of drug-likeness (QED) is 0.683. The van der Waals surface area contributed by atoms with Crippen LogP contribution in [0, 0.1) is 0 Å². The minimum atomic E-state index is -0.329. The highest BCUT2D eigenvalue weighted by Gasteiger charge is 2.32. The van der Waals surface area contributed by atoms with Crippen LogP contribution in [-0.2, 0) is 11.8 Å². The largest absolute Gasteiger partial charge is 0.312 e. The second kappa shape index (κ2) is 6.37. The summed E-state index contributed by atoms with van der Waals surface area (Å²) >= 11 is 7.53. The summed E-state index contributed by atoms with van der Waals surface area (Å²) in [5, 5.41) is 4.00. The Labute approximate surface area is 143 Å². The van der Waals surface area contributed by atoms with Crippen molar-refractivity contribution in [2.45, 2.75) is 24.4 Å². The molecule has 23 heavy (non-hydrogen) atoms. The molecule has 5 nitrogen and oxygen atoms in total. The third kappa shape index (κ3) is 3.01. The van der Waals surface area contributed by atoms with E-state index in [0.29, 0.717) is 21.6 Å². The lowest BCUT2D eigenvalue weighted by Gasteiger charge is -2.27. The van der Waals surface area contributed by atoms with Gasteiger partial charge < -0.3 is 9.88 Å². The molecule has 7 heteroatoms. The van der Waals surface area contributed by atoms with E-state index < -0.39 is 0 Å². The van der Waals surface area contributed by atoms with Crippen LogP contribution in [0.1, 0.15) is 30.4 Å². The van der Waals surface area contributed by atoms with Crippen molar-refractivity contribution in [2.75, 3.05) is 11.1 Å². The van der Waals surface area contributed by atoms with Crippen molar-refractivity contribution in [1.29, 1.82) is 0 Å². The highest BCUT2D eigenvalue weighted by atomic mass is 35.5. The number of nitrogens with one attached hydrogen (secondary N) is 1. The van der Waals surface area contributed by atoms with Crippen LogP contribution in [0.15, 0.2) is 34.2 Å². The normalized spacial score (nSPS) is 16.8. The van der Waals surface area contributed by atoms with E-state index in [0.717, 1.165) is 11.3 Å². The van der Waals surface area contributed by atoms with Gasteiger partial charge in [-0.2, -0.15) is 4.98 Å². The molecule has 0 saturated carbocycles. The predicted molar refractivity (Wildman–Crippen MR) is 92.4 cm³/mol. The van der Waals surface area contributed by atoms with Crippen molar-refractivity contribution >= 4 is 35.1 Å². The lowest BCUT2D eigenvalue weighted by molar-refractivity contribution is -0.116. The van der Waals surface area contributed by atoms with Crippen LogP contribution < -0.4 is 10.9 Å². The molecular weight excluding hydrogens is 334 g/mol. The monoisotopic (exact) mass is 349 g/mol. The predicted octanol–water partition coefficient (Wildman–Crippen LogP) is 3.02. The summed E-state index contributed by atoms with van der Waals surface area (Å²) < 4.78 is 1.78. The van der Waals surface area contributed by atoms with Crippen molar-refractivity contribution in [2.24, 2.45) is 7.05 Å². The van der Waals surface area contributed by atoms with Crippen molar-refractivity contribution in [3.63, 3.8) is 0 Å². The third-order valence-corrected chi connectivity index (χ3v) is 4.97. The fourth-order valence-electron chi connectivity index (χ4n) is 2.80. The number of amides is 1. The van der Waals surface area contributed by atoms with E-state index in [2.05, 4.69) is 10.3 Å². The summed E-state index contributed by atoms with van der Waals surface area (Å²) in [6, 6.07) is 7.27. The van der Waals surface area contributed by atoms with Crippen molar-refractivity contribution < 1.29 is 4.79 Å². The molecule has 1 aliphatic heterocycles. The molecule has 1 atom stereocenters. The topological polar surface area (TPSA) is 64.0 Å². The van der Waals surface area contributed by atoms with Gasteiger partial charge in [-0.1, -0.05) is 42.4 Å². The van der Waals surface area contributed by atoms with Gasteiger partial charge in [0, 0.05) is 24.4 Å². The van der Waals surface area contributed by atoms with Gasteiger partial charge >= 0.3 is 0 Å². The first kappa shape index (κ1) is 16.1. The van der Waals surface area contributed by atoms with Crippen LogP contribution in [0.5, 0.6) is 0 Å². The zero-order chi connectivity index (χ0) is 16.6. The van der Waals surface area contributed by atoms with Gasteiger partial charge in [0.1, 0.15) is 5.82 Å². The lowest BCUT2D eigenvalue weighted by atomic mass is 9.87. The molecule has 0 saturated heterocycles. The molecule has 1 aliphatic rings. The number of aromatic nitrogens is 2. The maximum Gasteiger partial charge on any atom is 0.279 e. The number of rotatable bonds is 3. The number of nitrogens with zero attached hydrogens (tertiary/aromatic N) is 2. The van der Waals surface area contributed by atoms with Crippen LogP contribution in [-0.4, -0.2) is 21.2 Å². The standard InChI is InChI=1S/C16H16ClN3O2S/c1-3-23-16-19-15(22)13-11(9-5-4-6-10(17)7-9)8-12(21)18-14(13)20(16)2/h4-7,11H,3,8H2,1-2H3,(H,18,21)/t11-/m1/s1. The number of halogens is 1. The van der Waals surface area contributed by atoms with Crippen LogP contribution in [0.25, 0.3) is 0 Å². The Morgan fingerprint density at radius 1 is 1.43 bits per heavy atom. The second-order valence-corrected chi connectivity index (χ2v) is 6.98. The van der Waals surface area contributed by atoms with Gasteiger partial charge in [0.15, 0.2) is 5.16 Å². The summed E-state index contributed by atoms with van der Waals surface area (Å²) in [4.78, 5) is 28.9. The minimum absolute atomic E-state index is 0.115. The van der Waals surface area contributed by atoms with Crippen LogP contribution in [0.4, 0.5) is 5.82 Å². The van der Waals surface area contributed by atoms with E-state index in [4.69, 9.17) is 11.6 Å². The van der Waals surface area contributed by atoms with Crippen molar-refractivity contribution in [3.8, 4) is 0 Å². The van der Waals surface area contributed by atoms with E-state index in [1.54, 1.807) is 16.7 Å². The summed E-state index contributed by atoms with van der Waals surface area (Å²) in [6.45, 7) is 1.99. The molecule has 0 radical (unpaired) electrons. The summed E-state index contributed by atoms with van der Waals surface area (Å²) in [5.74, 6) is 0.882. The van der Waals surface area contributed by atoms with Crippen LogP contribution in [0.3, 0.4) is 0 Å². The molecule has 0 aliphatic carbocycles. The van der Waals surface area contributed by atoms with Crippen LogP contribution in [0.2, 0.25) is 5.02 Å². The molecule has 1 amide bonds. The fourth-order valence-corrected chi connectivity index (χ4v) is 3.69. The third-order valence-electron chi connectivity index (χ3n) is 3.83. The molecular formula is C16H16ClN3O2S. The smallest absolute Gasteiger partial charge is 0.279 e. The highest BCUT2D eigenvalue weighted by molar-refractivity contribution is 7.99. The Hall–Kier alpha value is -1.79. The molecule has 0 bridgehead atoms. The summed E-state index contributed by atoms with van der Waals surface area (Å²) in [7, 11) is 1.81. The Kier molecular flexibility index (Phi) is 4.46. The number of anilines is 1. The van der Waals surface area contributed by atoms with Gasteiger partial charge in [-0.25, -0.2) is 0 Å². The first-order valence-electron chi connectivity index (χ1n) is 7.30. The van der Waals surface area contributed by atoms with Crippen LogP contribution >= 0.6 is 23.4 Å². The van der Waals surface area contributed by atoms with E-state index in [1.165, 1.54) is 11.8 Å². The van der Waals surface area contributed by atoms with Gasteiger partial charge in [-0.3, -0.25) is 9.59 Å². The first-order chi connectivity index (χ1) is 11.0. The number of hydrogen-bond acceptors (Lipinski definition) is 4. The van der Waals surface area contributed by atoms with Gasteiger partial charge in [-0.05, 0) is 23.4 Å². The van der Waals surface area contributed by atoms with Gasteiger partial charge in [-0.15, -0.1) is 0 Å². The average molecular weight is 350 g/mol. The minimum Gasteiger partial charge on any atom is -0.312 e. The number of hydrogen-bond donors (Lipinski definition) is 1. The molecule has 3 rings (SSSR count). The average Bonchev–Trinajstić information content (AvgIpc) is 2.51. The molecule has 0 unspecified atom stereocenters. The maximum atomic E-state index is 12.6. The van der Waals surface area contributed by atoms with E-state index in [9.17, 15) is 9.59 Å². The number of thioether (sulfide) groups is 1. The highest BCUT2D eigenvalue weighted by Crippen LogP contribution is 2.36. The lowest BCUT2D eigenvalue weighted by Crippen LogP contribution is -2.33. The number of carbonyl (C=O) groups is 1. The molecule has 0 spiro atoms. The molecule has 0 fully saturated rings. The fraction of sp³-hybridized carbons (Fsp3) is 0.312. The first-order valence-corrected chi connectivity index (χ1v) is 8.66. The summed E-state index contributed by atoms with van der Waals surface area (Å²) in [6.07, 6.45) is 0.213.